The van der Waals surface area contributed by atoms with Gasteiger partial charge in [0, 0.05) is 49.0 Å². The number of pyridine rings is 2. The number of rotatable bonds is 4. The van der Waals surface area contributed by atoms with Gasteiger partial charge < -0.3 is 0 Å². The second-order valence-corrected chi connectivity index (χ2v) is 5.94. The third kappa shape index (κ3) is 4.03. The standard InChI is InChI=1S/C20H21N3O/c1-2-11-23-14-18(12-16-3-7-21-8-4-16)20(24)19(15-23)13-17-5-9-22-10-6-17/h3-10,12-13H,2,11,14-15H2,1H3/b18-12+,19-13+. The molecule has 0 radical (unpaired) electrons. The number of carbonyl (C=O) groups is 1. The smallest absolute Gasteiger partial charge is 0.187 e. The molecule has 24 heavy (non-hydrogen) atoms. The van der Waals surface area contributed by atoms with E-state index in [1.807, 2.05) is 36.4 Å². The van der Waals surface area contributed by atoms with Crippen molar-refractivity contribution in [2.45, 2.75) is 13.3 Å². The van der Waals surface area contributed by atoms with E-state index in [0.717, 1.165) is 35.2 Å². The van der Waals surface area contributed by atoms with Crippen molar-refractivity contribution in [1.82, 2.24) is 14.9 Å². The fourth-order valence-electron chi connectivity index (χ4n) is 2.91. The summed E-state index contributed by atoms with van der Waals surface area (Å²) in [5, 5.41) is 0. The second kappa shape index (κ2) is 7.79. The zero-order chi connectivity index (χ0) is 16.8. The lowest BCUT2D eigenvalue weighted by Gasteiger charge is -2.29. The maximum absolute atomic E-state index is 12.9. The Hall–Kier alpha value is -2.59. The summed E-state index contributed by atoms with van der Waals surface area (Å²) >= 11 is 0. The molecule has 0 amide bonds. The predicted molar refractivity (Wildman–Crippen MR) is 96.2 cm³/mol. The fraction of sp³-hybridized carbons (Fsp3) is 0.250. The van der Waals surface area contributed by atoms with Crippen LogP contribution in [0.4, 0.5) is 0 Å². The van der Waals surface area contributed by atoms with Crippen molar-refractivity contribution < 1.29 is 4.79 Å². The third-order valence-electron chi connectivity index (χ3n) is 4.01. The van der Waals surface area contributed by atoms with Gasteiger partial charge in [-0.1, -0.05) is 6.92 Å². The van der Waals surface area contributed by atoms with Crippen LogP contribution in [0, 0.1) is 0 Å². The lowest BCUT2D eigenvalue weighted by Crippen LogP contribution is -2.38. The van der Waals surface area contributed by atoms with Crippen molar-refractivity contribution >= 4 is 17.9 Å². The molecule has 1 saturated heterocycles. The van der Waals surface area contributed by atoms with E-state index in [0.29, 0.717) is 13.1 Å². The molecule has 0 aromatic carbocycles. The first-order valence-corrected chi connectivity index (χ1v) is 8.24. The predicted octanol–water partition coefficient (Wildman–Crippen LogP) is 3.24. The van der Waals surface area contributed by atoms with Crippen molar-refractivity contribution in [2.24, 2.45) is 0 Å². The summed E-state index contributed by atoms with van der Waals surface area (Å²) in [6.45, 7) is 4.54. The van der Waals surface area contributed by atoms with E-state index in [2.05, 4.69) is 21.8 Å². The van der Waals surface area contributed by atoms with Crippen molar-refractivity contribution in [1.29, 1.82) is 0 Å². The highest BCUT2D eigenvalue weighted by molar-refractivity contribution is 6.14. The number of hydrogen-bond donors (Lipinski definition) is 0. The average molecular weight is 319 g/mol. The Morgan fingerprint density at radius 3 is 1.79 bits per heavy atom. The third-order valence-corrected chi connectivity index (χ3v) is 4.01. The Labute approximate surface area is 142 Å². The molecule has 0 bridgehead atoms. The number of nitrogens with zero attached hydrogens (tertiary/aromatic N) is 3. The topological polar surface area (TPSA) is 46.1 Å². The van der Waals surface area contributed by atoms with Gasteiger partial charge in [-0.2, -0.15) is 0 Å². The highest BCUT2D eigenvalue weighted by atomic mass is 16.1. The first-order valence-electron chi connectivity index (χ1n) is 8.24. The van der Waals surface area contributed by atoms with E-state index in [1.54, 1.807) is 24.8 Å². The van der Waals surface area contributed by atoms with Crippen LogP contribution in [0.15, 0.2) is 60.2 Å². The van der Waals surface area contributed by atoms with Crippen LogP contribution < -0.4 is 0 Å². The van der Waals surface area contributed by atoms with Gasteiger partial charge in [0.1, 0.15) is 0 Å². The number of piperidine rings is 1. The zero-order valence-electron chi connectivity index (χ0n) is 13.9. The summed E-state index contributed by atoms with van der Waals surface area (Å²) in [4.78, 5) is 23.3. The van der Waals surface area contributed by atoms with Crippen LogP contribution in [0.3, 0.4) is 0 Å². The molecule has 0 atom stereocenters. The van der Waals surface area contributed by atoms with E-state index in [4.69, 9.17) is 0 Å². The number of likely N-dealkylation sites (tertiary alicyclic amines) is 1. The van der Waals surface area contributed by atoms with Crippen molar-refractivity contribution in [2.75, 3.05) is 19.6 Å². The maximum atomic E-state index is 12.9. The van der Waals surface area contributed by atoms with E-state index in [-0.39, 0.29) is 5.78 Å². The molecule has 4 heteroatoms. The minimum atomic E-state index is 0.135. The molecule has 1 aliphatic heterocycles. The van der Waals surface area contributed by atoms with Crippen molar-refractivity contribution in [3.63, 3.8) is 0 Å². The van der Waals surface area contributed by atoms with Gasteiger partial charge in [0.15, 0.2) is 5.78 Å². The SMILES string of the molecule is CCCN1C/C(=C\c2ccncc2)C(=O)/C(=C/c2ccncc2)C1. The molecule has 2 aromatic heterocycles. The Balaban J connectivity index is 1.93. The summed E-state index contributed by atoms with van der Waals surface area (Å²) in [6, 6.07) is 7.69. The minimum Gasteiger partial charge on any atom is -0.295 e. The van der Waals surface area contributed by atoms with Crippen molar-refractivity contribution in [3.8, 4) is 0 Å². The van der Waals surface area contributed by atoms with E-state index in [9.17, 15) is 4.79 Å². The van der Waals surface area contributed by atoms with Gasteiger partial charge in [0.2, 0.25) is 0 Å². The maximum Gasteiger partial charge on any atom is 0.187 e. The highest BCUT2D eigenvalue weighted by Crippen LogP contribution is 2.22. The van der Waals surface area contributed by atoms with E-state index in [1.165, 1.54) is 0 Å². The van der Waals surface area contributed by atoms with Gasteiger partial charge in [-0.15, -0.1) is 0 Å². The van der Waals surface area contributed by atoms with Crippen molar-refractivity contribution in [3.05, 3.63) is 71.3 Å². The second-order valence-electron chi connectivity index (χ2n) is 5.94. The molecule has 0 unspecified atom stereocenters. The molecule has 2 aromatic rings. The summed E-state index contributed by atoms with van der Waals surface area (Å²) in [6.07, 6.45) is 12.0. The molecule has 1 fully saturated rings. The van der Waals surface area contributed by atoms with Gasteiger partial charge in [0.25, 0.3) is 0 Å². The van der Waals surface area contributed by atoms with Gasteiger partial charge in [-0.05, 0) is 60.5 Å². The van der Waals surface area contributed by atoms with Crippen LogP contribution in [0.5, 0.6) is 0 Å². The monoisotopic (exact) mass is 319 g/mol. The first-order chi connectivity index (χ1) is 11.8. The number of hydrogen-bond acceptors (Lipinski definition) is 4. The lowest BCUT2D eigenvalue weighted by atomic mass is 9.94. The number of ketones is 1. The quantitative estimate of drug-likeness (QED) is 0.812. The summed E-state index contributed by atoms with van der Waals surface area (Å²) in [5.74, 6) is 0.135. The molecule has 0 N–H and O–H groups in total. The van der Waals surface area contributed by atoms with Gasteiger partial charge in [-0.3, -0.25) is 19.7 Å². The summed E-state index contributed by atoms with van der Waals surface area (Å²) < 4.78 is 0. The largest absolute Gasteiger partial charge is 0.295 e. The Morgan fingerprint density at radius 2 is 1.38 bits per heavy atom. The summed E-state index contributed by atoms with van der Waals surface area (Å²) in [5.41, 5.74) is 3.69. The average Bonchev–Trinajstić information content (AvgIpc) is 2.61. The molecular formula is C20H21N3O. The van der Waals surface area contributed by atoms with E-state index < -0.39 is 0 Å². The molecule has 0 aliphatic carbocycles. The fourth-order valence-corrected chi connectivity index (χ4v) is 2.91. The van der Waals surface area contributed by atoms with Crippen LogP contribution in [-0.4, -0.2) is 40.3 Å². The lowest BCUT2D eigenvalue weighted by molar-refractivity contribution is -0.113. The zero-order valence-corrected chi connectivity index (χ0v) is 13.9. The van der Waals surface area contributed by atoms with Crippen LogP contribution >= 0.6 is 0 Å². The van der Waals surface area contributed by atoms with Gasteiger partial charge in [0.05, 0.1) is 0 Å². The molecule has 122 valence electrons. The number of aromatic nitrogens is 2. The molecule has 0 saturated carbocycles. The number of Topliss-reactive ketones (excluding diaryl/α,β-unsaturated/α-hetero) is 1. The first kappa shape index (κ1) is 16.3. The van der Waals surface area contributed by atoms with Crippen LogP contribution in [0.2, 0.25) is 0 Å². The number of carbonyl (C=O) groups excluding carboxylic acids is 1. The normalized spacial score (nSPS) is 19.1. The molecule has 1 aliphatic rings. The Kier molecular flexibility index (Phi) is 5.29. The van der Waals surface area contributed by atoms with Crippen LogP contribution in [0.1, 0.15) is 24.5 Å². The molecule has 4 nitrogen and oxygen atoms in total. The molecular weight excluding hydrogens is 298 g/mol. The molecule has 3 rings (SSSR count). The molecule has 0 spiro atoms. The van der Waals surface area contributed by atoms with Gasteiger partial charge >= 0.3 is 0 Å². The Morgan fingerprint density at radius 1 is 0.917 bits per heavy atom. The van der Waals surface area contributed by atoms with E-state index >= 15 is 0 Å². The Bertz CT molecular complexity index is 689. The minimum absolute atomic E-state index is 0.135. The van der Waals surface area contributed by atoms with Gasteiger partial charge in [-0.25, -0.2) is 0 Å². The van der Waals surface area contributed by atoms with Crippen LogP contribution in [-0.2, 0) is 4.79 Å². The highest BCUT2D eigenvalue weighted by Gasteiger charge is 2.25. The summed E-state index contributed by atoms with van der Waals surface area (Å²) in [7, 11) is 0. The molecule has 3 heterocycles. The van der Waals surface area contributed by atoms with Crippen LogP contribution in [0.25, 0.3) is 12.2 Å².